The van der Waals surface area contributed by atoms with E-state index in [4.69, 9.17) is 4.42 Å². The zero-order valence-electron chi connectivity index (χ0n) is 10.2. The van der Waals surface area contributed by atoms with Crippen LogP contribution in [0.1, 0.15) is 31.2 Å². The molecule has 1 aromatic carbocycles. The van der Waals surface area contributed by atoms with Gasteiger partial charge in [-0.2, -0.15) is 0 Å². The first-order chi connectivity index (χ1) is 8.70. The van der Waals surface area contributed by atoms with Crippen molar-refractivity contribution in [3.05, 3.63) is 34.3 Å². The third-order valence-electron chi connectivity index (χ3n) is 3.82. The molecule has 1 saturated carbocycles. The van der Waals surface area contributed by atoms with E-state index in [1.165, 1.54) is 5.56 Å². The van der Waals surface area contributed by atoms with Gasteiger partial charge < -0.3 is 9.52 Å². The monoisotopic (exact) mass is 247 g/mol. The van der Waals surface area contributed by atoms with Crippen LogP contribution in [0, 0.1) is 5.92 Å². The van der Waals surface area contributed by atoms with Gasteiger partial charge in [-0.05, 0) is 55.7 Å². The molecule has 3 rings (SSSR count). The van der Waals surface area contributed by atoms with Crippen molar-refractivity contribution in [1.29, 1.82) is 0 Å². The van der Waals surface area contributed by atoms with Gasteiger partial charge in [-0.1, -0.05) is 6.07 Å². The quantitative estimate of drug-likeness (QED) is 0.855. The molecule has 2 aromatic rings. The summed E-state index contributed by atoms with van der Waals surface area (Å²) in [5.41, 5.74) is 2.61. The zero-order valence-corrected chi connectivity index (χ0v) is 10.2. The van der Waals surface area contributed by atoms with Crippen LogP contribution in [0.5, 0.6) is 0 Å². The summed E-state index contributed by atoms with van der Waals surface area (Å²) in [6.07, 6.45) is 4.90. The molecule has 96 valence electrons. The van der Waals surface area contributed by atoms with Crippen molar-refractivity contribution in [1.82, 2.24) is 4.98 Å². The van der Waals surface area contributed by atoms with Gasteiger partial charge >= 0.3 is 5.76 Å². The SMILES string of the molecule is O=c1[nH]c2cc(CC3CCC(O)CC3)ccc2o1. The van der Waals surface area contributed by atoms with Crippen molar-refractivity contribution in [2.24, 2.45) is 5.92 Å². The Morgan fingerprint density at radius 1 is 1.28 bits per heavy atom. The highest BCUT2D eigenvalue weighted by atomic mass is 16.4. The van der Waals surface area contributed by atoms with Crippen LogP contribution in [-0.4, -0.2) is 16.2 Å². The van der Waals surface area contributed by atoms with Gasteiger partial charge in [-0.15, -0.1) is 0 Å². The number of aromatic amines is 1. The Morgan fingerprint density at radius 3 is 2.83 bits per heavy atom. The Morgan fingerprint density at radius 2 is 2.06 bits per heavy atom. The molecular formula is C14H17NO3. The van der Waals surface area contributed by atoms with Crippen LogP contribution < -0.4 is 5.76 Å². The first-order valence-electron chi connectivity index (χ1n) is 6.50. The number of fused-ring (bicyclic) bond motifs is 1. The van der Waals surface area contributed by atoms with E-state index < -0.39 is 5.76 Å². The van der Waals surface area contributed by atoms with E-state index in [2.05, 4.69) is 4.98 Å². The summed E-state index contributed by atoms with van der Waals surface area (Å²) in [7, 11) is 0. The fraction of sp³-hybridized carbons (Fsp3) is 0.500. The number of hydrogen-bond acceptors (Lipinski definition) is 3. The number of hydrogen-bond donors (Lipinski definition) is 2. The van der Waals surface area contributed by atoms with Crippen molar-refractivity contribution in [2.75, 3.05) is 0 Å². The third-order valence-corrected chi connectivity index (χ3v) is 3.82. The molecule has 1 heterocycles. The van der Waals surface area contributed by atoms with E-state index in [1.807, 2.05) is 18.2 Å². The van der Waals surface area contributed by atoms with Crippen LogP contribution in [0.25, 0.3) is 11.1 Å². The Hall–Kier alpha value is -1.55. The predicted molar refractivity (Wildman–Crippen MR) is 68.5 cm³/mol. The van der Waals surface area contributed by atoms with Crippen molar-refractivity contribution in [3.8, 4) is 0 Å². The van der Waals surface area contributed by atoms with Crippen LogP contribution in [0.3, 0.4) is 0 Å². The molecule has 0 saturated heterocycles. The van der Waals surface area contributed by atoms with Gasteiger partial charge in [0.2, 0.25) is 0 Å². The highest BCUT2D eigenvalue weighted by molar-refractivity contribution is 5.72. The van der Waals surface area contributed by atoms with Crippen molar-refractivity contribution < 1.29 is 9.52 Å². The minimum absolute atomic E-state index is 0.103. The summed E-state index contributed by atoms with van der Waals surface area (Å²) < 4.78 is 4.98. The second kappa shape index (κ2) is 4.61. The number of oxazole rings is 1. The Labute approximate surface area is 105 Å². The Balaban J connectivity index is 1.76. The fourth-order valence-electron chi connectivity index (χ4n) is 2.81. The third kappa shape index (κ3) is 2.34. The molecule has 1 aromatic heterocycles. The predicted octanol–water partition coefficient (Wildman–Crippen LogP) is 2.21. The number of aromatic nitrogens is 1. The normalized spacial score (nSPS) is 24.5. The molecular weight excluding hydrogens is 230 g/mol. The van der Waals surface area contributed by atoms with Crippen molar-refractivity contribution in [3.63, 3.8) is 0 Å². The molecule has 0 atom stereocenters. The number of aliphatic hydroxyl groups excluding tert-OH is 1. The van der Waals surface area contributed by atoms with Gasteiger partial charge in [0.1, 0.15) is 0 Å². The maximum atomic E-state index is 11.1. The summed E-state index contributed by atoms with van der Waals surface area (Å²) in [5, 5.41) is 9.49. The average Bonchev–Trinajstić information content (AvgIpc) is 2.71. The lowest BCUT2D eigenvalue weighted by Gasteiger charge is -2.25. The molecule has 2 N–H and O–H groups in total. The fourth-order valence-corrected chi connectivity index (χ4v) is 2.81. The van der Waals surface area contributed by atoms with Crippen LogP contribution >= 0.6 is 0 Å². The molecule has 1 aliphatic carbocycles. The highest BCUT2D eigenvalue weighted by Crippen LogP contribution is 2.27. The Kier molecular flexibility index (Phi) is 2.96. The number of H-pyrrole nitrogens is 1. The number of aliphatic hydroxyl groups is 1. The second-order valence-electron chi connectivity index (χ2n) is 5.22. The molecule has 1 aliphatic rings. The Bertz CT molecular complexity index is 590. The van der Waals surface area contributed by atoms with Gasteiger partial charge in [0.15, 0.2) is 5.58 Å². The van der Waals surface area contributed by atoms with Crippen LogP contribution in [0.15, 0.2) is 27.4 Å². The van der Waals surface area contributed by atoms with E-state index in [-0.39, 0.29) is 6.10 Å². The maximum Gasteiger partial charge on any atom is 0.417 e. The number of nitrogens with one attached hydrogen (secondary N) is 1. The van der Waals surface area contributed by atoms with E-state index in [9.17, 15) is 9.90 Å². The molecule has 4 nitrogen and oxygen atoms in total. The van der Waals surface area contributed by atoms with E-state index in [1.54, 1.807) is 0 Å². The van der Waals surface area contributed by atoms with E-state index in [0.717, 1.165) is 37.6 Å². The lowest BCUT2D eigenvalue weighted by atomic mass is 9.83. The average molecular weight is 247 g/mol. The topological polar surface area (TPSA) is 66.2 Å². The van der Waals surface area contributed by atoms with Gasteiger partial charge in [0.25, 0.3) is 0 Å². The smallest absolute Gasteiger partial charge is 0.408 e. The van der Waals surface area contributed by atoms with Gasteiger partial charge in [0, 0.05) is 0 Å². The van der Waals surface area contributed by atoms with Crippen molar-refractivity contribution >= 4 is 11.1 Å². The largest absolute Gasteiger partial charge is 0.417 e. The number of rotatable bonds is 2. The summed E-state index contributed by atoms with van der Waals surface area (Å²) in [4.78, 5) is 13.8. The first-order valence-corrected chi connectivity index (χ1v) is 6.50. The summed E-state index contributed by atoms with van der Waals surface area (Å²) in [6.45, 7) is 0. The van der Waals surface area contributed by atoms with Gasteiger partial charge in [0.05, 0.1) is 11.6 Å². The molecule has 0 bridgehead atoms. The minimum atomic E-state index is -0.400. The standard InChI is InChI=1S/C14H17NO3/c16-11-4-1-9(2-5-11)7-10-3-6-13-12(8-10)15-14(17)18-13/h3,6,8-9,11,16H,1-2,4-5,7H2,(H,15,17). The molecule has 18 heavy (non-hydrogen) atoms. The number of benzene rings is 1. The molecule has 0 spiro atoms. The summed E-state index contributed by atoms with van der Waals surface area (Å²) in [5.74, 6) is 0.243. The molecule has 0 unspecified atom stereocenters. The van der Waals surface area contributed by atoms with Gasteiger partial charge in [-0.25, -0.2) is 4.79 Å². The maximum absolute atomic E-state index is 11.1. The molecule has 1 fully saturated rings. The van der Waals surface area contributed by atoms with Crippen molar-refractivity contribution in [2.45, 2.75) is 38.2 Å². The lowest BCUT2D eigenvalue weighted by molar-refractivity contribution is 0.109. The highest BCUT2D eigenvalue weighted by Gasteiger charge is 2.19. The van der Waals surface area contributed by atoms with Crippen LogP contribution in [0.2, 0.25) is 0 Å². The molecule has 0 amide bonds. The summed E-state index contributed by atoms with van der Waals surface area (Å²) in [6, 6.07) is 5.86. The summed E-state index contributed by atoms with van der Waals surface area (Å²) >= 11 is 0. The molecule has 4 heteroatoms. The van der Waals surface area contributed by atoms with E-state index >= 15 is 0 Å². The minimum Gasteiger partial charge on any atom is -0.408 e. The molecule has 0 radical (unpaired) electrons. The van der Waals surface area contributed by atoms with Crippen LogP contribution in [0.4, 0.5) is 0 Å². The lowest BCUT2D eigenvalue weighted by Crippen LogP contribution is -2.19. The zero-order chi connectivity index (χ0) is 12.5. The van der Waals surface area contributed by atoms with E-state index in [0.29, 0.717) is 11.5 Å². The van der Waals surface area contributed by atoms with Gasteiger partial charge in [-0.3, -0.25) is 4.98 Å². The first kappa shape index (κ1) is 11.5. The second-order valence-corrected chi connectivity index (χ2v) is 5.22. The van der Waals surface area contributed by atoms with Crippen LogP contribution in [-0.2, 0) is 6.42 Å². The molecule has 0 aliphatic heterocycles.